The number of esters is 1. The van der Waals surface area contributed by atoms with Gasteiger partial charge in [0, 0.05) is 6.54 Å². The fourth-order valence-corrected chi connectivity index (χ4v) is 3.14. The molecule has 26 heavy (non-hydrogen) atoms. The van der Waals surface area contributed by atoms with Crippen LogP contribution < -0.4 is 5.32 Å². The molecule has 4 nitrogen and oxygen atoms in total. The van der Waals surface area contributed by atoms with Crippen molar-refractivity contribution < 1.29 is 18.7 Å². The summed E-state index contributed by atoms with van der Waals surface area (Å²) in [6.45, 7) is 2.08. The van der Waals surface area contributed by atoms with Gasteiger partial charge in [-0.25, -0.2) is 4.39 Å². The maximum atomic E-state index is 13.1. The van der Waals surface area contributed by atoms with E-state index in [0.29, 0.717) is 19.4 Å². The maximum Gasteiger partial charge on any atom is 0.317 e. The van der Waals surface area contributed by atoms with Crippen LogP contribution in [0.4, 0.5) is 4.39 Å². The average Bonchev–Trinajstić information content (AvgIpc) is 2.60. The third kappa shape index (κ3) is 3.93. The minimum absolute atomic E-state index is 0.312. The number of rotatable bonds is 6. The summed E-state index contributed by atoms with van der Waals surface area (Å²) in [5, 5.41) is 2.74. The van der Waals surface area contributed by atoms with Crippen LogP contribution >= 0.6 is 0 Å². The topological polar surface area (TPSA) is 55.4 Å². The highest BCUT2D eigenvalue weighted by atomic mass is 19.1. The molecule has 0 aliphatic heterocycles. The van der Waals surface area contributed by atoms with Crippen LogP contribution in [0.15, 0.2) is 48.5 Å². The molecular weight excluding hydrogens is 333 g/mol. The molecule has 136 valence electrons. The number of carbonyl (C=O) groups excluding carboxylic acids is 2. The lowest BCUT2D eigenvalue weighted by molar-refractivity contribution is -0.157. The van der Waals surface area contributed by atoms with Gasteiger partial charge in [-0.05, 0) is 43.0 Å². The molecular formula is C21H22FNO3. The van der Waals surface area contributed by atoms with Gasteiger partial charge in [-0.15, -0.1) is 0 Å². The van der Waals surface area contributed by atoms with Crippen LogP contribution in [0.2, 0.25) is 0 Å². The molecule has 0 spiro atoms. The Bertz CT molecular complexity index is 780. The Labute approximate surface area is 152 Å². The van der Waals surface area contributed by atoms with Gasteiger partial charge in [0.15, 0.2) is 6.61 Å². The quantitative estimate of drug-likeness (QED) is 0.808. The van der Waals surface area contributed by atoms with Crippen LogP contribution in [0.1, 0.15) is 36.0 Å². The van der Waals surface area contributed by atoms with Crippen molar-refractivity contribution in [3.63, 3.8) is 0 Å². The molecule has 0 unspecified atom stereocenters. The Morgan fingerprint density at radius 1 is 1.08 bits per heavy atom. The Hall–Kier alpha value is -2.69. The molecule has 1 N–H and O–H groups in total. The minimum atomic E-state index is -0.745. The van der Waals surface area contributed by atoms with Crippen molar-refractivity contribution in [1.29, 1.82) is 0 Å². The second kappa shape index (κ2) is 7.68. The van der Waals surface area contributed by atoms with Gasteiger partial charge >= 0.3 is 5.97 Å². The summed E-state index contributed by atoms with van der Waals surface area (Å²) in [4.78, 5) is 24.5. The van der Waals surface area contributed by atoms with Crippen molar-refractivity contribution in [2.24, 2.45) is 0 Å². The van der Waals surface area contributed by atoms with Crippen LogP contribution in [0.5, 0.6) is 0 Å². The molecule has 1 fully saturated rings. The molecule has 3 rings (SSSR count). The molecule has 0 atom stereocenters. The third-order valence-electron chi connectivity index (χ3n) is 4.94. The first kappa shape index (κ1) is 18.1. The first-order chi connectivity index (χ1) is 12.5. The largest absolute Gasteiger partial charge is 0.455 e. The summed E-state index contributed by atoms with van der Waals surface area (Å²) in [6, 6.07) is 13.8. The fourth-order valence-electron chi connectivity index (χ4n) is 3.14. The fraction of sp³-hybridized carbons (Fsp3) is 0.333. The SMILES string of the molecule is Cc1ccc(CNC(=O)COC(=O)C2(c3ccc(F)cc3)CCC2)cc1. The van der Waals surface area contributed by atoms with Gasteiger partial charge in [-0.3, -0.25) is 9.59 Å². The molecule has 1 aliphatic rings. The predicted molar refractivity (Wildman–Crippen MR) is 95.9 cm³/mol. The smallest absolute Gasteiger partial charge is 0.317 e. The van der Waals surface area contributed by atoms with Crippen molar-refractivity contribution in [2.45, 2.75) is 38.1 Å². The number of hydrogen-bond donors (Lipinski definition) is 1. The molecule has 2 aromatic carbocycles. The molecule has 5 heteroatoms. The number of halogens is 1. The van der Waals surface area contributed by atoms with Crippen LogP contribution in [0.3, 0.4) is 0 Å². The second-order valence-corrected chi connectivity index (χ2v) is 6.78. The average molecular weight is 355 g/mol. The van der Waals surface area contributed by atoms with E-state index in [-0.39, 0.29) is 18.3 Å². The standard InChI is InChI=1S/C21H22FNO3/c1-15-3-5-16(6-4-15)13-23-19(24)14-26-20(25)21(11-2-12-21)17-7-9-18(22)10-8-17/h3-10H,2,11-14H2,1H3,(H,23,24). The molecule has 1 aliphatic carbocycles. The van der Waals surface area contributed by atoms with Gasteiger partial charge in [-0.1, -0.05) is 48.4 Å². The van der Waals surface area contributed by atoms with E-state index in [1.807, 2.05) is 31.2 Å². The summed E-state index contributed by atoms with van der Waals surface area (Å²) in [6.07, 6.45) is 2.22. The minimum Gasteiger partial charge on any atom is -0.455 e. The number of carbonyl (C=O) groups is 2. The van der Waals surface area contributed by atoms with Gasteiger partial charge < -0.3 is 10.1 Å². The van der Waals surface area contributed by atoms with Crippen LogP contribution in [0.25, 0.3) is 0 Å². The molecule has 1 amide bonds. The monoisotopic (exact) mass is 355 g/mol. The Morgan fingerprint density at radius 3 is 2.31 bits per heavy atom. The van der Waals surface area contributed by atoms with E-state index < -0.39 is 11.4 Å². The molecule has 0 aromatic heterocycles. The van der Waals surface area contributed by atoms with Gasteiger partial charge in [0.2, 0.25) is 0 Å². The third-order valence-corrected chi connectivity index (χ3v) is 4.94. The molecule has 0 saturated heterocycles. The Morgan fingerprint density at radius 2 is 1.73 bits per heavy atom. The van der Waals surface area contributed by atoms with Gasteiger partial charge in [0.1, 0.15) is 5.82 Å². The molecule has 2 aromatic rings. The van der Waals surface area contributed by atoms with Crippen LogP contribution in [-0.2, 0) is 26.3 Å². The van der Waals surface area contributed by atoms with Gasteiger partial charge in [0.05, 0.1) is 5.41 Å². The zero-order chi connectivity index (χ0) is 18.6. The van der Waals surface area contributed by atoms with Crippen molar-refractivity contribution in [1.82, 2.24) is 5.32 Å². The van der Waals surface area contributed by atoms with Crippen molar-refractivity contribution in [3.05, 3.63) is 71.0 Å². The van der Waals surface area contributed by atoms with E-state index in [0.717, 1.165) is 23.1 Å². The van der Waals surface area contributed by atoms with Gasteiger partial charge in [0.25, 0.3) is 5.91 Å². The predicted octanol–water partition coefficient (Wildman–Crippen LogP) is 3.42. The van der Waals surface area contributed by atoms with E-state index in [4.69, 9.17) is 4.74 Å². The van der Waals surface area contributed by atoms with Crippen molar-refractivity contribution in [2.75, 3.05) is 6.61 Å². The van der Waals surface area contributed by atoms with E-state index in [1.54, 1.807) is 12.1 Å². The van der Waals surface area contributed by atoms with Crippen molar-refractivity contribution >= 4 is 11.9 Å². The molecule has 0 bridgehead atoms. The molecule has 0 heterocycles. The maximum absolute atomic E-state index is 13.1. The zero-order valence-corrected chi connectivity index (χ0v) is 14.8. The number of benzene rings is 2. The van der Waals surface area contributed by atoms with E-state index in [9.17, 15) is 14.0 Å². The Kier molecular flexibility index (Phi) is 5.35. The van der Waals surface area contributed by atoms with Crippen molar-refractivity contribution in [3.8, 4) is 0 Å². The highest BCUT2D eigenvalue weighted by molar-refractivity contribution is 5.87. The summed E-state index contributed by atoms with van der Waals surface area (Å²) in [5.41, 5.74) is 2.14. The Balaban J connectivity index is 1.53. The van der Waals surface area contributed by atoms with Crippen LogP contribution in [-0.4, -0.2) is 18.5 Å². The number of nitrogens with one attached hydrogen (secondary N) is 1. The first-order valence-electron chi connectivity index (χ1n) is 8.75. The van der Waals surface area contributed by atoms with Gasteiger partial charge in [-0.2, -0.15) is 0 Å². The number of hydrogen-bond acceptors (Lipinski definition) is 3. The summed E-state index contributed by atoms with van der Waals surface area (Å²) < 4.78 is 18.4. The van der Waals surface area contributed by atoms with E-state index in [2.05, 4.69) is 5.32 Å². The van der Waals surface area contributed by atoms with E-state index in [1.165, 1.54) is 12.1 Å². The van der Waals surface area contributed by atoms with Crippen LogP contribution in [0, 0.1) is 12.7 Å². The lowest BCUT2D eigenvalue weighted by atomic mass is 9.64. The normalized spacial score (nSPS) is 15.0. The highest BCUT2D eigenvalue weighted by Gasteiger charge is 2.47. The number of aryl methyl sites for hydroxylation is 1. The number of amides is 1. The summed E-state index contributed by atoms with van der Waals surface area (Å²) >= 11 is 0. The zero-order valence-electron chi connectivity index (χ0n) is 14.8. The van der Waals surface area contributed by atoms with E-state index >= 15 is 0 Å². The summed E-state index contributed by atoms with van der Waals surface area (Å²) in [7, 11) is 0. The summed E-state index contributed by atoms with van der Waals surface area (Å²) in [5.74, 6) is -1.10. The highest BCUT2D eigenvalue weighted by Crippen LogP contribution is 2.44. The first-order valence-corrected chi connectivity index (χ1v) is 8.75. The lowest BCUT2D eigenvalue weighted by Gasteiger charge is -2.39. The molecule has 1 saturated carbocycles. The molecule has 0 radical (unpaired) electrons. The lowest BCUT2D eigenvalue weighted by Crippen LogP contribution is -2.44. The second-order valence-electron chi connectivity index (χ2n) is 6.78. The number of ether oxygens (including phenoxy) is 1.